The Morgan fingerprint density at radius 3 is 2.81 bits per heavy atom. The largest absolute Gasteiger partial charge is 0.465 e. The van der Waals surface area contributed by atoms with Crippen LogP contribution in [0.5, 0.6) is 0 Å². The number of methoxy groups -OCH3 is 1. The number of hydrogen-bond donors (Lipinski definition) is 1. The van der Waals surface area contributed by atoms with Gasteiger partial charge in [-0.1, -0.05) is 19.4 Å². The van der Waals surface area contributed by atoms with E-state index in [1.165, 1.54) is 12.0 Å². The summed E-state index contributed by atoms with van der Waals surface area (Å²) >= 11 is 1.74. The topological polar surface area (TPSA) is 51.2 Å². The van der Waals surface area contributed by atoms with E-state index in [2.05, 4.69) is 34.7 Å². The average molecular weight is 304 g/mol. The summed E-state index contributed by atoms with van der Waals surface area (Å²) < 4.78 is 4.74. The lowest BCUT2D eigenvalue weighted by Gasteiger charge is -2.18. The molecule has 21 heavy (non-hydrogen) atoms. The number of aromatic nitrogens is 1. The molecule has 0 aliphatic carbocycles. The van der Waals surface area contributed by atoms with Crippen molar-refractivity contribution in [3.05, 3.63) is 45.8 Å². The SMILES string of the molecule is CCCC(Nc1ccc(C(=O)OC)c(C)n1)c1cccs1. The van der Waals surface area contributed by atoms with Crippen LogP contribution in [0.2, 0.25) is 0 Å². The second-order valence-electron chi connectivity index (χ2n) is 4.82. The zero-order valence-electron chi connectivity index (χ0n) is 12.6. The fourth-order valence-electron chi connectivity index (χ4n) is 2.21. The molecule has 4 nitrogen and oxygen atoms in total. The highest BCUT2D eigenvalue weighted by atomic mass is 32.1. The predicted octanol–water partition coefficient (Wildman–Crippen LogP) is 4.19. The van der Waals surface area contributed by atoms with Crippen LogP contribution in [-0.2, 0) is 4.74 Å². The molecule has 0 saturated carbocycles. The molecule has 0 aliphatic heterocycles. The van der Waals surface area contributed by atoms with Gasteiger partial charge in [-0.2, -0.15) is 0 Å². The number of anilines is 1. The number of thiophene rings is 1. The third kappa shape index (κ3) is 3.82. The highest BCUT2D eigenvalue weighted by Crippen LogP contribution is 2.27. The number of nitrogens with zero attached hydrogens (tertiary/aromatic N) is 1. The minimum absolute atomic E-state index is 0.255. The third-order valence-corrected chi connectivity index (χ3v) is 4.26. The Hall–Kier alpha value is -1.88. The molecule has 2 heterocycles. The lowest BCUT2D eigenvalue weighted by Crippen LogP contribution is -2.12. The maximum atomic E-state index is 11.6. The number of carbonyl (C=O) groups excluding carboxylic acids is 1. The molecule has 0 bridgehead atoms. The standard InChI is InChI=1S/C16H20N2O2S/c1-4-6-13(14-7-5-10-21-14)18-15-9-8-12(11(2)17-15)16(19)20-3/h5,7-10,13H,4,6H2,1-3H3,(H,17,18). The van der Waals surface area contributed by atoms with Crippen molar-refractivity contribution in [2.45, 2.75) is 32.7 Å². The molecule has 2 aromatic rings. The van der Waals surface area contributed by atoms with E-state index >= 15 is 0 Å². The zero-order chi connectivity index (χ0) is 15.2. The lowest BCUT2D eigenvalue weighted by molar-refractivity contribution is 0.0599. The summed E-state index contributed by atoms with van der Waals surface area (Å²) in [5.74, 6) is 0.432. The summed E-state index contributed by atoms with van der Waals surface area (Å²) in [5.41, 5.74) is 1.18. The van der Waals surface area contributed by atoms with Crippen LogP contribution in [0.25, 0.3) is 0 Å². The number of nitrogens with one attached hydrogen (secondary N) is 1. The average Bonchev–Trinajstić information content (AvgIpc) is 3.00. The van der Waals surface area contributed by atoms with E-state index < -0.39 is 0 Å². The Bertz CT molecular complexity index is 596. The molecule has 0 spiro atoms. The van der Waals surface area contributed by atoms with Gasteiger partial charge in [0.15, 0.2) is 0 Å². The molecule has 5 heteroatoms. The van der Waals surface area contributed by atoms with Gasteiger partial charge in [0.05, 0.1) is 24.4 Å². The lowest BCUT2D eigenvalue weighted by atomic mass is 10.1. The van der Waals surface area contributed by atoms with Gasteiger partial charge in [0.2, 0.25) is 0 Å². The summed E-state index contributed by atoms with van der Waals surface area (Å²) in [7, 11) is 1.38. The van der Waals surface area contributed by atoms with Crippen molar-refractivity contribution < 1.29 is 9.53 Å². The molecule has 1 N–H and O–H groups in total. The Labute approximate surface area is 129 Å². The molecule has 1 unspecified atom stereocenters. The van der Waals surface area contributed by atoms with Gasteiger partial charge in [-0.3, -0.25) is 0 Å². The number of aryl methyl sites for hydroxylation is 1. The summed E-state index contributed by atoms with van der Waals surface area (Å²) in [4.78, 5) is 17.3. The molecule has 0 aliphatic rings. The van der Waals surface area contributed by atoms with Crippen molar-refractivity contribution in [3.8, 4) is 0 Å². The van der Waals surface area contributed by atoms with Crippen molar-refractivity contribution in [2.24, 2.45) is 0 Å². The van der Waals surface area contributed by atoms with Gasteiger partial charge in [-0.05, 0) is 36.9 Å². The van der Waals surface area contributed by atoms with E-state index in [0.29, 0.717) is 11.3 Å². The molecule has 112 valence electrons. The first-order valence-electron chi connectivity index (χ1n) is 7.01. The van der Waals surface area contributed by atoms with Crippen LogP contribution in [0.15, 0.2) is 29.6 Å². The molecule has 0 radical (unpaired) electrons. The predicted molar refractivity (Wildman–Crippen MR) is 85.9 cm³/mol. The Balaban J connectivity index is 2.18. The number of esters is 1. The van der Waals surface area contributed by atoms with Crippen molar-refractivity contribution in [3.63, 3.8) is 0 Å². The van der Waals surface area contributed by atoms with Gasteiger partial charge in [-0.15, -0.1) is 11.3 Å². The minimum atomic E-state index is -0.352. The highest BCUT2D eigenvalue weighted by Gasteiger charge is 2.14. The maximum Gasteiger partial charge on any atom is 0.339 e. The van der Waals surface area contributed by atoms with Crippen LogP contribution in [0, 0.1) is 6.92 Å². The normalized spacial score (nSPS) is 12.0. The molecule has 0 fully saturated rings. The number of pyridine rings is 1. The van der Waals surface area contributed by atoms with E-state index in [1.807, 2.05) is 13.0 Å². The first kappa shape index (κ1) is 15.5. The summed E-state index contributed by atoms with van der Waals surface area (Å²) in [6, 6.07) is 8.03. The fraction of sp³-hybridized carbons (Fsp3) is 0.375. The molecule has 0 saturated heterocycles. The number of carbonyl (C=O) groups is 1. The quantitative estimate of drug-likeness (QED) is 0.813. The fourth-order valence-corrected chi connectivity index (χ4v) is 3.02. The Kier molecular flexibility index (Phi) is 5.33. The molecule has 1 atom stereocenters. The third-order valence-electron chi connectivity index (χ3n) is 3.28. The van der Waals surface area contributed by atoms with Crippen molar-refractivity contribution >= 4 is 23.1 Å². The van der Waals surface area contributed by atoms with Crippen LogP contribution in [-0.4, -0.2) is 18.1 Å². The van der Waals surface area contributed by atoms with E-state index in [9.17, 15) is 4.79 Å². The van der Waals surface area contributed by atoms with Crippen molar-refractivity contribution in [2.75, 3.05) is 12.4 Å². The maximum absolute atomic E-state index is 11.6. The zero-order valence-corrected chi connectivity index (χ0v) is 13.4. The van der Waals surface area contributed by atoms with Crippen LogP contribution in [0.1, 0.15) is 46.7 Å². The second kappa shape index (κ2) is 7.22. The first-order valence-corrected chi connectivity index (χ1v) is 7.89. The van der Waals surface area contributed by atoms with Crippen LogP contribution in [0.4, 0.5) is 5.82 Å². The van der Waals surface area contributed by atoms with Crippen LogP contribution >= 0.6 is 11.3 Å². The Morgan fingerprint density at radius 1 is 1.43 bits per heavy atom. The minimum Gasteiger partial charge on any atom is -0.465 e. The summed E-state index contributed by atoms with van der Waals surface area (Å²) in [6.45, 7) is 3.98. The number of rotatable bonds is 6. The van der Waals surface area contributed by atoms with E-state index in [4.69, 9.17) is 4.74 Å². The monoisotopic (exact) mass is 304 g/mol. The summed E-state index contributed by atoms with van der Waals surface area (Å²) in [6.07, 6.45) is 2.13. The Morgan fingerprint density at radius 2 is 2.24 bits per heavy atom. The van der Waals surface area contributed by atoms with E-state index in [1.54, 1.807) is 17.4 Å². The molecular formula is C16H20N2O2S. The van der Waals surface area contributed by atoms with E-state index in [0.717, 1.165) is 18.7 Å². The van der Waals surface area contributed by atoms with Gasteiger partial charge >= 0.3 is 5.97 Å². The molecule has 2 aromatic heterocycles. The number of hydrogen-bond acceptors (Lipinski definition) is 5. The van der Waals surface area contributed by atoms with Gasteiger partial charge < -0.3 is 10.1 Å². The first-order chi connectivity index (χ1) is 10.2. The number of ether oxygens (including phenoxy) is 1. The van der Waals surface area contributed by atoms with Crippen molar-refractivity contribution in [1.82, 2.24) is 4.98 Å². The smallest absolute Gasteiger partial charge is 0.339 e. The van der Waals surface area contributed by atoms with Gasteiger partial charge in [0, 0.05) is 4.88 Å². The van der Waals surface area contributed by atoms with Crippen LogP contribution in [0.3, 0.4) is 0 Å². The van der Waals surface area contributed by atoms with Crippen LogP contribution < -0.4 is 5.32 Å². The molecule has 0 aromatic carbocycles. The molecule has 2 rings (SSSR count). The van der Waals surface area contributed by atoms with Gasteiger partial charge in [-0.25, -0.2) is 9.78 Å². The van der Waals surface area contributed by atoms with Gasteiger partial charge in [0.25, 0.3) is 0 Å². The second-order valence-corrected chi connectivity index (χ2v) is 5.80. The highest BCUT2D eigenvalue weighted by molar-refractivity contribution is 7.10. The van der Waals surface area contributed by atoms with Gasteiger partial charge in [0.1, 0.15) is 5.82 Å². The van der Waals surface area contributed by atoms with Crippen molar-refractivity contribution in [1.29, 1.82) is 0 Å². The molecular weight excluding hydrogens is 284 g/mol. The van der Waals surface area contributed by atoms with E-state index in [-0.39, 0.29) is 12.0 Å². The molecule has 0 amide bonds. The summed E-state index contributed by atoms with van der Waals surface area (Å²) in [5, 5.41) is 5.54.